The Balaban J connectivity index is 1.80. The van der Waals surface area contributed by atoms with E-state index in [9.17, 15) is 22.8 Å². The van der Waals surface area contributed by atoms with E-state index < -0.39 is 34.7 Å². The van der Waals surface area contributed by atoms with E-state index in [0.717, 1.165) is 29.5 Å². The van der Waals surface area contributed by atoms with Gasteiger partial charge in [-0.2, -0.15) is 0 Å². The Bertz CT molecular complexity index is 1140. The van der Waals surface area contributed by atoms with Gasteiger partial charge in [-0.25, -0.2) is 18.0 Å². The van der Waals surface area contributed by atoms with Gasteiger partial charge in [0.1, 0.15) is 5.58 Å². The monoisotopic (exact) mass is 418 g/mol. The van der Waals surface area contributed by atoms with E-state index in [1.54, 1.807) is 11.0 Å². The van der Waals surface area contributed by atoms with Crippen molar-refractivity contribution in [3.05, 3.63) is 75.4 Å². The molecule has 30 heavy (non-hydrogen) atoms. The van der Waals surface area contributed by atoms with Crippen LogP contribution in [0.1, 0.15) is 24.5 Å². The van der Waals surface area contributed by atoms with E-state index in [4.69, 9.17) is 4.42 Å². The molecule has 0 aliphatic rings. The molecule has 0 aliphatic carbocycles. The number of hydrogen-bond donors (Lipinski definition) is 1. The van der Waals surface area contributed by atoms with Gasteiger partial charge in [0.25, 0.3) is 0 Å². The lowest BCUT2D eigenvalue weighted by atomic mass is 10.1. The molecule has 8 heteroatoms. The summed E-state index contributed by atoms with van der Waals surface area (Å²) in [5.41, 5.74) is 1.18. The molecule has 1 amide bonds. The first-order valence-corrected chi connectivity index (χ1v) is 9.47. The maximum Gasteiger partial charge on any atom is 0.336 e. The van der Waals surface area contributed by atoms with Crippen LogP contribution in [0, 0.1) is 24.4 Å². The Hall–Kier alpha value is -3.13. The van der Waals surface area contributed by atoms with Crippen LogP contribution in [-0.4, -0.2) is 23.9 Å². The van der Waals surface area contributed by atoms with Crippen LogP contribution in [0.15, 0.2) is 45.6 Å². The van der Waals surface area contributed by atoms with Crippen molar-refractivity contribution < 1.29 is 22.4 Å². The fourth-order valence-electron chi connectivity index (χ4n) is 3.25. The fraction of sp³-hybridized carbons (Fsp3) is 0.273. The zero-order valence-electron chi connectivity index (χ0n) is 16.6. The average Bonchev–Trinajstić information content (AvgIpc) is 2.68. The molecule has 2 aromatic carbocycles. The summed E-state index contributed by atoms with van der Waals surface area (Å²) in [6.45, 7) is 4.51. The van der Waals surface area contributed by atoms with Gasteiger partial charge in [0.15, 0.2) is 17.5 Å². The van der Waals surface area contributed by atoms with Crippen LogP contribution in [0.5, 0.6) is 0 Å². The van der Waals surface area contributed by atoms with Gasteiger partial charge < -0.3 is 9.73 Å². The standard InChI is InChI=1S/C22H21F3N2O3/c1-3-8-27(12-19(28)26-17-7-6-16(23)21(24)22(17)25)11-14-10-20(29)30-18-9-13(2)4-5-15(14)18/h4-7,9-10H,3,8,11-12H2,1-2H3,(H,26,28). The first kappa shape index (κ1) is 21.6. The topological polar surface area (TPSA) is 62.6 Å². The number of anilines is 1. The first-order valence-electron chi connectivity index (χ1n) is 9.47. The molecule has 158 valence electrons. The smallest absolute Gasteiger partial charge is 0.336 e. The van der Waals surface area contributed by atoms with Crippen molar-refractivity contribution in [1.29, 1.82) is 0 Å². The number of hydrogen-bond acceptors (Lipinski definition) is 4. The molecule has 0 fully saturated rings. The second-order valence-electron chi connectivity index (χ2n) is 7.07. The largest absolute Gasteiger partial charge is 0.423 e. The van der Waals surface area contributed by atoms with Crippen LogP contribution < -0.4 is 10.9 Å². The minimum absolute atomic E-state index is 0.125. The van der Waals surface area contributed by atoms with E-state index >= 15 is 0 Å². The third kappa shape index (κ3) is 4.88. The second-order valence-corrected chi connectivity index (χ2v) is 7.07. The molecule has 3 aromatic rings. The molecule has 1 N–H and O–H groups in total. The highest BCUT2D eigenvalue weighted by molar-refractivity contribution is 5.92. The van der Waals surface area contributed by atoms with Gasteiger partial charge >= 0.3 is 5.63 Å². The van der Waals surface area contributed by atoms with Crippen LogP contribution in [0.25, 0.3) is 11.0 Å². The molecule has 1 aromatic heterocycles. The zero-order valence-corrected chi connectivity index (χ0v) is 16.6. The Kier molecular flexibility index (Phi) is 6.56. The lowest BCUT2D eigenvalue weighted by Crippen LogP contribution is -2.34. The molecule has 0 bridgehead atoms. The number of aryl methyl sites for hydroxylation is 1. The molecule has 0 spiro atoms. The van der Waals surface area contributed by atoms with Crippen molar-refractivity contribution in [2.24, 2.45) is 0 Å². The molecule has 0 radical (unpaired) electrons. The third-order valence-corrected chi connectivity index (χ3v) is 4.60. The minimum atomic E-state index is -1.64. The van der Waals surface area contributed by atoms with Gasteiger partial charge in [-0.15, -0.1) is 0 Å². The molecule has 0 atom stereocenters. The summed E-state index contributed by atoms with van der Waals surface area (Å²) in [4.78, 5) is 26.1. The van der Waals surface area contributed by atoms with E-state index in [1.807, 2.05) is 26.0 Å². The normalized spacial score (nSPS) is 11.3. The Morgan fingerprint density at radius 3 is 2.60 bits per heavy atom. The predicted octanol–water partition coefficient (Wildman–Crippen LogP) is 4.37. The van der Waals surface area contributed by atoms with Crippen LogP contribution in [0.3, 0.4) is 0 Å². The van der Waals surface area contributed by atoms with Gasteiger partial charge in [-0.1, -0.05) is 19.1 Å². The van der Waals surface area contributed by atoms with Crippen molar-refractivity contribution in [1.82, 2.24) is 4.90 Å². The summed E-state index contributed by atoms with van der Waals surface area (Å²) >= 11 is 0. The molecule has 3 rings (SSSR count). The quantitative estimate of drug-likeness (QED) is 0.457. The molecule has 1 heterocycles. The number of carbonyl (C=O) groups is 1. The zero-order chi connectivity index (χ0) is 21.8. The Morgan fingerprint density at radius 2 is 1.87 bits per heavy atom. The lowest BCUT2D eigenvalue weighted by Gasteiger charge is -2.22. The lowest BCUT2D eigenvalue weighted by molar-refractivity contribution is -0.117. The average molecular weight is 418 g/mol. The highest BCUT2D eigenvalue weighted by Gasteiger charge is 2.18. The van der Waals surface area contributed by atoms with E-state index in [0.29, 0.717) is 17.7 Å². The number of carbonyl (C=O) groups excluding carboxylic acids is 1. The molecule has 0 unspecified atom stereocenters. The van der Waals surface area contributed by atoms with Crippen LogP contribution in [0.2, 0.25) is 0 Å². The summed E-state index contributed by atoms with van der Waals surface area (Å²) in [6, 6.07) is 8.61. The van der Waals surface area contributed by atoms with Gasteiger partial charge in [-0.05, 0) is 49.2 Å². The maximum absolute atomic E-state index is 13.8. The number of halogens is 3. The van der Waals surface area contributed by atoms with Crippen molar-refractivity contribution in [3.8, 4) is 0 Å². The van der Waals surface area contributed by atoms with Gasteiger partial charge in [0.05, 0.1) is 12.2 Å². The highest BCUT2D eigenvalue weighted by Crippen LogP contribution is 2.21. The Labute approximate surface area is 171 Å². The summed E-state index contributed by atoms with van der Waals surface area (Å²) < 4.78 is 45.5. The maximum atomic E-state index is 13.8. The van der Waals surface area contributed by atoms with Crippen molar-refractivity contribution in [2.75, 3.05) is 18.4 Å². The molecular formula is C22H21F3N2O3. The first-order chi connectivity index (χ1) is 14.3. The predicted molar refractivity (Wildman–Crippen MR) is 108 cm³/mol. The van der Waals surface area contributed by atoms with Crippen molar-refractivity contribution in [2.45, 2.75) is 26.8 Å². The van der Waals surface area contributed by atoms with Crippen molar-refractivity contribution >= 4 is 22.6 Å². The Morgan fingerprint density at radius 1 is 1.10 bits per heavy atom. The molecule has 0 aliphatic heterocycles. The number of nitrogens with one attached hydrogen (secondary N) is 1. The molecular weight excluding hydrogens is 397 g/mol. The van der Waals surface area contributed by atoms with Crippen molar-refractivity contribution in [3.63, 3.8) is 0 Å². The molecule has 0 saturated carbocycles. The SMILES string of the molecule is CCCN(CC(=O)Nc1ccc(F)c(F)c1F)Cc1cc(=O)oc2cc(C)ccc12. The van der Waals surface area contributed by atoms with Crippen LogP contribution in [-0.2, 0) is 11.3 Å². The minimum Gasteiger partial charge on any atom is -0.423 e. The van der Waals surface area contributed by atoms with E-state index in [2.05, 4.69) is 5.32 Å². The number of amides is 1. The number of benzene rings is 2. The number of nitrogens with zero attached hydrogens (tertiary/aromatic N) is 1. The summed E-state index contributed by atoms with van der Waals surface area (Å²) in [7, 11) is 0. The fourth-order valence-corrected chi connectivity index (χ4v) is 3.25. The molecule has 5 nitrogen and oxygen atoms in total. The third-order valence-electron chi connectivity index (χ3n) is 4.60. The summed E-state index contributed by atoms with van der Waals surface area (Å²) in [6.07, 6.45) is 0.727. The van der Waals surface area contributed by atoms with E-state index in [-0.39, 0.29) is 13.1 Å². The van der Waals surface area contributed by atoms with Gasteiger partial charge in [-0.3, -0.25) is 9.69 Å². The highest BCUT2D eigenvalue weighted by atomic mass is 19.2. The van der Waals surface area contributed by atoms with Crippen LogP contribution in [0.4, 0.5) is 18.9 Å². The van der Waals surface area contributed by atoms with E-state index in [1.165, 1.54) is 6.07 Å². The summed E-state index contributed by atoms with van der Waals surface area (Å²) in [5, 5.41) is 3.02. The second kappa shape index (κ2) is 9.13. The van der Waals surface area contributed by atoms with Crippen LogP contribution >= 0.6 is 0 Å². The van der Waals surface area contributed by atoms with Gasteiger partial charge in [0, 0.05) is 18.0 Å². The number of rotatable bonds is 7. The number of fused-ring (bicyclic) bond motifs is 1. The summed E-state index contributed by atoms with van der Waals surface area (Å²) in [5.74, 6) is -5.01. The molecule has 0 saturated heterocycles. The van der Waals surface area contributed by atoms with Gasteiger partial charge in [0.2, 0.25) is 5.91 Å².